The van der Waals surface area contributed by atoms with E-state index in [1.165, 1.54) is 12.5 Å². The van der Waals surface area contributed by atoms with Crippen LogP contribution in [0.3, 0.4) is 0 Å². The van der Waals surface area contributed by atoms with E-state index in [9.17, 15) is 26.4 Å². The van der Waals surface area contributed by atoms with Crippen LogP contribution in [0, 0.1) is 13.8 Å². The van der Waals surface area contributed by atoms with E-state index in [1.54, 1.807) is 54.2 Å². The lowest BCUT2D eigenvalue weighted by atomic mass is 10.1. The van der Waals surface area contributed by atoms with Crippen molar-refractivity contribution in [2.24, 2.45) is 0 Å². The first kappa shape index (κ1) is 47.1. The third-order valence-corrected chi connectivity index (χ3v) is 14.2. The van der Waals surface area contributed by atoms with Gasteiger partial charge in [0.05, 0.1) is 68.1 Å². The molecule has 0 saturated heterocycles. The SMILES string of the molecule is CN1Cc2nc(Cl)cc(Nc3ccc(C4CC4)cc3S(C)(=O)=O)c2C1=O.Cc1cccc(Cc2cc(Nc3ccc(C4CC4)cc3S(C)(=O)=O)c3c(n2)CN(C)C3=O)n1.Cc1cccc(N)n1. The van der Waals surface area contributed by atoms with Crippen LogP contribution < -0.4 is 16.4 Å². The summed E-state index contributed by atoms with van der Waals surface area (Å²) in [5, 5.41) is 6.63. The van der Waals surface area contributed by atoms with Gasteiger partial charge in [0.1, 0.15) is 11.0 Å². The van der Waals surface area contributed by atoms with Gasteiger partial charge in [-0.25, -0.2) is 26.8 Å². The quantitative estimate of drug-likeness (QED) is 0.111. The van der Waals surface area contributed by atoms with Crippen LogP contribution in [-0.2, 0) is 39.2 Å². The van der Waals surface area contributed by atoms with Gasteiger partial charge in [0, 0.05) is 55.8 Å². The second kappa shape index (κ2) is 18.7. The molecular formula is C49H52ClN9O6S2. The average molecular weight is 963 g/mol. The number of fused-ring (bicyclic) bond motifs is 2. The van der Waals surface area contributed by atoms with Crippen LogP contribution >= 0.6 is 11.6 Å². The topological polar surface area (TPSA) is 211 Å². The number of aryl methyl sites for hydroxylation is 2. The van der Waals surface area contributed by atoms with E-state index in [4.69, 9.17) is 22.3 Å². The minimum atomic E-state index is -3.47. The molecule has 2 saturated carbocycles. The first-order chi connectivity index (χ1) is 31.7. The van der Waals surface area contributed by atoms with Crippen molar-refractivity contribution in [3.63, 3.8) is 0 Å². The highest BCUT2D eigenvalue weighted by Gasteiger charge is 2.33. The van der Waals surface area contributed by atoms with Crippen molar-refractivity contribution in [1.82, 2.24) is 29.7 Å². The van der Waals surface area contributed by atoms with E-state index in [2.05, 4.69) is 25.6 Å². The van der Waals surface area contributed by atoms with Crippen LogP contribution in [0.5, 0.6) is 0 Å². The number of hydrogen-bond donors (Lipinski definition) is 3. The Balaban J connectivity index is 0.000000159. The molecule has 6 heterocycles. The monoisotopic (exact) mass is 961 g/mol. The highest BCUT2D eigenvalue weighted by molar-refractivity contribution is 7.91. The van der Waals surface area contributed by atoms with E-state index >= 15 is 0 Å². The van der Waals surface area contributed by atoms with Gasteiger partial charge in [-0.1, -0.05) is 35.9 Å². The number of aromatic nitrogens is 4. The molecule has 18 heteroatoms. The number of nitrogen functional groups attached to an aromatic ring is 1. The van der Waals surface area contributed by atoms with Crippen molar-refractivity contribution in [3.8, 4) is 0 Å². The van der Waals surface area contributed by atoms with Crippen molar-refractivity contribution >= 4 is 71.7 Å². The number of pyridine rings is 4. The molecule has 6 aromatic rings. The average Bonchev–Trinajstić information content (AvgIpc) is 4.19. The number of benzene rings is 2. The van der Waals surface area contributed by atoms with E-state index in [0.29, 0.717) is 82.4 Å². The van der Waals surface area contributed by atoms with Gasteiger partial charge >= 0.3 is 0 Å². The van der Waals surface area contributed by atoms with Gasteiger partial charge in [0.15, 0.2) is 19.7 Å². The molecule has 10 rings (SSSR count). The maximum absolute atomic E-state index is 12.9. The summed E-state index contributed by atoms with van der Waals surface area (Å²) in [6.45, 7) is 4.65. The molecule has 2 fully saturated rings. The fraction of sp³-hybridized carbons (Fsp3) is 0.306. The molecule has 2 amide bonds. The van der Waals surface area contributed by atoms with Crippen LogP contribution in [0.4, 0.5) is 28.6 Å². The Bertz CT molecular complexity index is 3160. The Morgan fingerprint density at radius 3 is 1.54 bits per heavy atom. The molecule has 2 aliphatic heterocycles. The Kier molecular flexibility index (Phi) is 13.1. The number of carbonyl (C=O) groups is 2. The third kappa shape index (κ3) is 11.1. The number of anilines is 5. The summed E-state index contributed by atoms with van der Waals surface area (Å²) in [5.41, 5.74) is 15.1. The highest BCUT2D eigenvalue weighted by Crippen LogP contribution is 2.44. The summed E-state index contributed by atoms with van der Waals surface area (Å²) in [4.78, 5) is 46.4. The smallest absolute Gasteiger partial charge is 0.257 e. The number of nitrogens with two attached hydrogens (primary N) is 1. The zero-order valence-electron chi connectivity index (χ0n) is 38.1. The predicted octanol–water partition coefficient (Wildman–Crippen LogP) is 8.30. The molecule has 0 radical (unpaired) electrons. The Morgan fingerprint density at radius 1 is 0.612 bits per heavy atom. The molecule has 67 heavy (non-hydrogen) atoms. The Labute approximate surface area is 396 Å². The largest absolute Gasteiger partial charge is 0.384 e. The standard InChI is InChI=1S/C25H26N4O3S.C18H18ClN3O3S.C6H8N2/c1-15-5-4-6-18(26-15)12-19-13-21(24-22(27-19)14-29(2)25(24)30)28-20-10-9-17(16-7-8-16)11-23(20)33(3,31)32;1-22-9-14-17(18(22)23)13(8-16(19)21-14)20-12-6-5-11(10-3-4-10)7-15(12)26(2,24)25;1-5-3-2-4-6(7)8-5/h4-6,9-11,13,16H,7-8,12,14H2,1-3H3,(H,27,28);5-8,10H,3-4,9H2,1-2H3,(H,20,21);2-4H,1H3,(H2,7,8). The second-order valence-electron chi connectivity index (χ2n) is 17.6. The van der Waals surface area contributed by atoms with Crippen LogP contribution in [-0.4, -0.2) is 85.0 Å². The molecule has 0 spiro atoms. The van der Waals surface area contributed by atoms with E-state index in [-0.39, 0.29) is 26.8 Å². The number of nitrogens with one attached hydrogen (secondary N) is 2. The predicted molar refractivity (Wildman–Crippen MR) is 260 cm³/mol. The lowest BCUT2D eigenvalue weighted by Crippen LogP contribution is -2.18. The molecule has 348 valence electrons. The summed E-state index contributed by atoms with van der Waals surface area (Å²) >= 11 is 6.10. The number of halogens is 1. The molecule has 4 aliphatic rings. The number of hydrogen-bond acceptors (Lipinski definition) is 13. The minimum Gasteiger partial charge on any atom is -0.384 e. The fourth-order valence-electron chi connectivity index (χ4n) is 8.17. The Morgan fingerprint density at radius 2 is 1.09 bits per heavy atom. The Hall–Kier alpha value is -6.43. The van der Waals surface area contributed by atoms with Crippen molar-refractivity contribution in [2.45, 2.75) is 80.7 Å². The van der Waals surface area contributed by atoms with Crippen LogP contribution in [0.25, 0.3) is 0 Å². The van der Waals surface area contributed by atoms with E-state index in [1.807, 2.05) is 68.4 Å². The summed E-state index contributed by atoms with van der Waals surface area (Å²) < 4.78 is 49.8. The summed E-state index contributed by atoms with van der Waals surface area (Å²) in [6.07, 6.45) is 7.27. The van der Waals surface area contributed by atoms with Gasteiger partial charge in [0.2, 0.25) is 0 Å². The molecule has 4 aromatic heterocycles. The molecule has 4 N–H and O–H groups in total. The van der Waals surface area contributed by atoms with Gasteiger partial charge in [-0.15, -0.1) is 0 Å². The van der Waals surface area contributed by atoms with Crippen molar-refractivity contribution in [2.75, 3.05) is 43.0 Å². The molecule has 2 aromatic carbocycles. The minimum absolute atomic E-state index is 0.129. The number of carbonyl (C=O) groups excluding carboxylic acids is 2. The molecule has 15 nitrogen and oxygen atoms in total. The van der Waals surface area contributed by atoms with Gasteiger partial charge in [-0.3, -0.25) is 19.6 Å². The number of nitrogens with zero attached hydrogens (tertiary/aromatic N) is 6. The maximum atomic E-state index is 12.9. The molecule has 0 unspecified atom stereocenters. The summed E-state index contributed by atoms with van der Waals surface area (Å²) in [5.74, 6) is 1.18. The normalized spacial score (nSPS) is 15.3. The lowest BCUT2D eigenvalue weighted by molar-refractivity contribution is 0.0809. The molecule has 0 bridgehead atoms. The van der Waals surface area contributed by atoms with Crippen molar-refractivity contribution in [3.05, 3.63) is 146 Å². The van der Waals surface area contributed by atoms with E-state index < -0.39 is 19.7 Å². The highest BCUT2D eigenvalue weighted by atomic mass is 35.5. The summed E-state index contributed by atoms with van der Waals surface area (Å²) in [6, 6.07) is 25.8. The fourth-order valence-corrected chi connectivity index (χ4v) is 10.1. The van der Waals surface area contributed by atoms with Crippen molar-refractivity contribution in [1.29, 1.82) is 0 Å². The van der Waals surface area contributed by atoms with Crippen LogP contribution in [0.15, 0.2) is 94.7 Å². The van der Waals surface area contributed by atoms with Gasteiger partial charge in [0.25, 0.3) is 11.8 Å². The molecule has 2 aliphatic carbocycles. The zero-order chi connectivity index (χ0) is 47.9. The van der Waals surface area contributed by atoms with Gasteiger partial charge in [-0.05, 0) is 123 Å². The van der Waals surface area contributed by atoms with Crippen LogP contribution in [0.2, 0.25) is 5.15 Å². The first-order valence-electron chi connectivity index (χ1n) is 21.8. The molecular weight excluding hydrogens is 910 g/mol. The number of sulfone groups is 2. The number of rotatable bonds is 10. The van der Waals surface area contributed by atoms with Crippen LogP contribution in [0.1, 0.15) is 104 Å². The second-order valence-corrected chi connectivity index (χ2v) is 22.0. The van der Waals surface area contributed by atoms with Gasteiger partial charge in [-0.2, -0.15) is 0 Å². The number of amides is 2. The van der Waals surface area contributed by atoms with Gasteiger partial charge < -0.3 is 26.2 Å². The zero-order valence-corrected chi connectivity index (χ0v) is 40.5. The van der Waals surface area contributed by atoms with E-state index in [0.717, 1.165) is 59.6 Å². The molecule has 0 atom stereocenters. The van der Waals surface area contributed by atoms with Crippen molar-refractivity contribution < 1.29 is 26.4 Å². The first-order valence-corrected chi connectivity index (χ1v) is 25.9. The lowest BCUT2D eigenvalue weighted by Gasteiger charge is -2.16. The maximum Gasteiger partial charge on any atom is 0.257 e. The third-order valence-electron chi connectivity index (χ3n) is 11.8. The summed E-state index contributed by atoms with van der Waals surface area (Å²) in [7, 11) is -3.48.